The Hall–Kier alpha value is -1.66. The number of hydrogen-bond donors (Lipinski definition) is 2. The van der Waals surface area contributed by atoms with Gasteiger partial charge in [0.15, 0.2) is 0 Å². The zero-order valence-electron chi connectivity index (χ0n) is 12.2. The van der Waals surface area contributed by atoms with Crippen molar-refractivity contribution in [2.24, 2.45) is 0 Å². The number of amides is 1. The van der Waals surface area contributed by atoms with Crippen LogP contribution in [0.15, 0.2) is 18.3 Å². The molecule has 1 aromatic rings. The molecular formula is C14H22N4O2. The van der Waals surface area contributed by atoms with E-state index in [1.807, 2.05) is 19.0 Å². The highest BCUT2D eigenvalue weighted by Crippen LogP contribution is 2.21. The van der Waals surface area contributed by atoms with Gasteiger partial charge in [0, 0.05) is 32.4 Å². The average molecular weight is 278 g/mol. The van der Waals surface area contributed by atoms with Gasteiger partial charge >= 0.3 is 0 Å². The second-order valence-electron chi connectivity index (χ2n) is 5.45. The van der Waals surface area contributed by atoms with Crippen LogP contribution in [-0.4, -0.2) is 72.2 Å². The van der Waals surface area contributed by atoms with Gasteiger partial charge in [-0.05, 0) is 32.6 Å². The molecule has 1 aromatic heterocycles. The van der Waals surface area contributed by atoms with Crippen LogP contribution in [0.2, 0.25) is 0 Å². The second-order valence-corrected chi connectivity index (χ2v) is 5.45. The van der Waals surface area contributed by atoms with E-state index in [1.165, 1.54) is 0 Å². The van der Waals surface area contributed by atoms with Gasteiger partial charge < -0.3 is 20.2 Å². The molecule has 1 amide bonds. The Morgan fingerprint density at radius 3 is 2.85 bits per heavy atom. The minimum absolute atomic E-state index is 0.0523. The van der Waals surface area contributed by atoms with Crippen LogP contribution in [0.3, 0.4) is 0 Å². The first-order valence-electron chi connectivity index (χ1n) is 6.79. The molecule has 2 atom stereocenters. The van der Waals surface area contributed by atoms with Crippen LogP contribution >= 0.6 is 0 Å². The number of pyridine rings is 1. The van der Waals surface area contributed by atoms with Gasteiger partial charge in [-0.25, -0.2) is 4.98 Å². The van der Waals surface area contributed by atoms with E-state index in [9.17, 15) is 9.90 Å². The van der Waals surface area contributed by atoms with Crippen molar-refractivity contribution >= 4 is 11.7 Å². The van der Waals surface area contributed by atoms with Crippen LogP contribution in [0.1, 0.15) is 16.8 Å². The lowest BCUT2D eigenvalue weighted by molar-refractivity contribution is 0.0699. The molecule has 2 unspecified atom stereocenters. The number of hydrogen-bond acceptors (Lipinski definition) is 5. The third kappa shape index (κ3) is 3.26. The van der Waals surface area contributed by atoms with Crippen molar-refractivity contribution in [3.8, 4) is 0 Å². The highest BCUT2D eigenvalue weighted by molar-refractivity contribution is 5.94. The molecule has 6 heteroatoms. The SMILES string of the molecule is CNc1ccc(C(=O)N2CC(O)CC2CN(C)C)cn1. The molecule has 110 valence electrons. The Morgan fingerprint density at radius 2 is 2.30 bits per heavy atom. The van der Waals surface area contributed by atoms with Gasteiger partial charge in [0.05, 0.1) is 11.7 Å². The van der Waals surface area contributed by atoms with Crippen LogP contribution in [0.4, 0.5) is 5.82 Å². The summed E-state index contributed by atoms with van der Waals surface area (Å²) in [5.74, 6) is 0.663. The fourth-order valence-corrected chi connectivity index (χ4v) is 2.57. The third-order valence-electron chi connectivity index (χ3n) is 3.50. The quantitative estimate of drug-likeness (QED) is 0.827. The molecule has 6 nitrogen and oxygen atoms in total. The normalized spacial score (nSPS) is 22.4. The van der Waals surface area contributed by atoms with Gasteiger partial charge in [-0.2, -0.15) is 0 Å². The number of anilines is 1. The fourth-order valence-electron chi connectivity index (χ4n) is 2.57. The molecule has 2 N–H and O–H groups in total. The first-order chi connectivity index (χ1) is 9.51. The Labute approximate surface area is 119 Å². The molecule has 0 saturated carbocycles. The van der Waals surface area contributed by atoms with E-state index < -0.39 is 6.10 Å². The van der Waals surface area contributed by atoms with Crippen molar-refractivity contribution < 1.29 is 9.90 Å². The number of rotatable bonds is 4. The number of aromatic nitrogens is 1. The molecule has 1 aliphatic rings. The maximum atomic E-state index is 12.5. The molecule has 0 spiro atoms. The van der Waals surface area contributed by atoms with E-state index >= 15 is 0 Å². The summed E-state index contributed by atoms with van der Waals surface area (Å²) in [6.45, 7) is 1.15. The smallest absolute Gasteiger partial charge is 0.255 e. The van der Waals surface area contributed by atoms with Crippen molar-refractivity contribution in [2.45, 2.75) is 18.6 Å². The second kappa shape index (κ2) is 6.19. The first-order valence-corrected chi connectivity index (χ1v) is 6.79. The standard InChI is InChI=1S/C14H22N4O2/c1-15-13-5-4-10(7-16-13)14(20)18-9-12(19)6-11(18)8-17(2)3/h4-5,7,11-12,19H,6,8-9H2,1-3H3,(H,15,16). The summed E-state index contributed by atoms with van der Waals surface area (Å²) in [6, 6.07) is 3.59. The van der Waals surface area contributed by atoms with Crippen LogP contribution in [0, 0.1) is 0 Å². The number of aliphatic hydroxyl groups excluding tert-OH is 1. The zero-order chi connectivity index (χ0) is 14.7. The highest BCUT2D eigenvalue weighted by atomic mass is 16.3. The number of carbonyl (C=O) groups excluding carboxylic acids is 1. The van der Waals surface area contributed by atoms with Crippen LogP contribution in [0.25, 0.3) is 0 Å². The van der Waals surface area contributed by atoms with Gasteiger partial charge in [-0.3, -0.25) is 4.79 Å². The number of likely N-dealkylation sites (N-methyl/N-ethyl adjacent to an activating group) is 1. The number of likely N-dealkylation sites (tertiary alicyclic amines) is 1. The molecule has 2 heterocycles. The maximum Gasteiger partial charge on any atom is 0.255 e. The van der Waals surface area contributed by atoms with Gasteiger partial charge in [-0.1, -0.05) is 0 Å². The lowest BCUT2D eigenvalue weighted by atomic mass is 10.1. The van der Waals surface area contributed by atoms with Gasteiger partial charge in [0.1, 0.15) is 5.82 Å². The predicted molar refractivity (Wildman–Crippen MR) is 77.8 cm³/mol. The summed E-state index contributed by atoms with van der Waals surface area (Å²) in [5.41, 5.74) is 0.557. The number of carbonyl (C=O) groups is 1. The van der Waals surface area contributed by atoms with E-state index in [2.05, 4.69) is 10.3 Å². The molecule has 2 rings (SSSR count). The highest BCUT2D eigenvalue weighted by Gasteiger charge is 2.34. The summed E-state index contributed by atoms with van der Waals surface area (Å²) in [7, 11) is 5.72. The van der Waals surface area contributed by atoms with Gasteiger partial charge in [0.2, 0.25) is 0 Å². The molecule has 1 saturated heterocycles. The molecule has 0 aromatic carbocycles. The van der Waals surface area contributed by atoms with Crippen molar-refractivity contribution in [3.63, 3.8) is 0 Å². The Bertz CT molecular complexity index is 461. The van der Waals surface area contributed by atoms with Crippen molar-refractivity contribution in [3.05, 3.63) is 23.9 Å². The summed E-state index contributed by atoms with van der Waals surface area (Å²) < 4.78 is 0. The van der Waals surface area contributed by atoms with Crippen molar-refractivity contribution in [2.75, 3.05) is 39.5 Å². The first kappa shape index (κ1) is 14.7. The van der Waals surface area contributed by atoms with E-state index in [0.29, 0.717) is 18.5 Å². The third-order valence-corrected chi connectivity index (χ3v) is 3.50. The fraction of sp³-hybridized carbons (Fsp3) is 0.571. The Kier molecular flexibility index (Phi) is 4.57. The average Bonchev–Trinajstić information content (AvgIpc) is 2.78. The molecule has 20 heavy (non-hydrogen) atoms. The van der Waals surface area contributed by atoms with E-state index in [4.69, 9.17) is 0 Å². The van der Waals surface area contributed by atoms with Gasteiger partial charge in [0.25, 0.3) is 5.91 Å². The maximum absolute atomic E-state index is 12.5. The van der Waals surface area contributed by atoms with E-state index in [0.717, 1.165) is 12.4 Å². The topological polar surface area (TPSA) is 68.7 Å². The van der Waals surface area contributed by atoms with E-state index in [-0.39, 0.29) is 11.9 Å². The zero-order valence-corrected chi connectivity index (χ0v) is 12.2. The molecule has 1 fully saturated rings. The lowest BCUT2D eigenvalue weighted by Crippen LogP contribution is -2.41. The van der Waals surface area contributed by atoms with Crippen molar-refractivity contribution in [1.29, 1.82) is 0 Å². The minimum Gasteiger partial charge on any atom is -0.391 e. The number of nitrogens with zero attached hydrogens (tertiary/aromatic N) is 3. The van der Waals surface area contributed by atoms with Crippen LogP contribution in [-0.2, 0) is 0 Å². The van der Waals surface area contributed by atoms with Crippen LogP contribution in [0.5, 0.6) is 0 Å². The summed E-state index contributed by atoms with van der Waals surface area (Å²) in [5, 5.41) is 12.7. The number of β-amino-alcohol motifs (C(OH)–C–C–N with tert-alkyl or cyclic N) is 1. The summed E-state index contributed by atoms with van der Waals surface area (Å²) >= 11 is 0. The predicted octanol–water partition coefficient (Wildman–Crippen LogP) is 0.260. The van der Waals surface area contributed by atoms with Crippen LogP contribution < -0.4 is 5.32 Å². The Morgan fingerprint density at radius 1 is 1.55 bits per heavy atom. The molecule has 1 aliphatic heterocycles. The Balaban J connectivity index is 2.13. The molecule has 0 radical (unpaired) electrons. The number of aliphatic hydroxyl groups is 1. The summed E-state index contributed by atoms with van der Waals surface area (Å²) in [4.78, 5) is 20.5. The largest absolute Gasteiger partial charge is 0.391 e. The van der Waals surface area contributed by atoms with Crippen molar-refractivity contribution in [1.82, 2.24) is 14.8 Å². The minimum atomic E-state index is -0.437. The monoisotopic (exact) mass is 278 g/mol. The summed E-state index contributed by atoms with van der Waals surface area (Å²) in [6.07, 6.45) is 1.77. The molecular weight excluding hydrogens is 256 g/mol. The van der Waals surface area contributed by atoms with Gasteiger partial charge in [-0.15, -0.1) is 0 Å². The molecule has 0 aliphatic carbocycles. The number of nitrogens with one attached hydrogen (secondary N) is 1. The molecule has 0 bridgehead atoms. The van der Waals surface area contributed by atoms with E-state index in [1.54, 1.807) is 30.3 Å². The lowest BCUT2D eigenvalue weighted by Gasteiger charge is -2.26.